The van der Waals surface area contributed by atoms with E-state index >= 15 is 0 Å². The van der Waals surface area contributed by atoms with Gasteiger partial charge in [0.25, 0.3) is 0 Å². The van der Waals surface area contributed by atoms with Crippen molar-refractivity contribution in [3.8, 4) is 0 Å². The molecule has 1 unspecified atom stereocenters. The number of rotatable bonds is 2. The monoisotopic (exact) mass is 210 g/mol. The Kier molecular flexibility index (Phi) is 3.78. The molecule has 1 N–H and O–H groups in total. The Morgan fingerprint density at radius 3 is 2.36 bits per heavy atom. The SMILES string of the molecule is CC(C)N(C1CCCNC1)C(F)(F)F. The molecule has 1 saturated heterocycles. The van der Waals surface area contributed by atoms with Crippen LogP contribution in [0.1, 0.15) is 26.7 Å². The minimum Gasteiger partial charge on any atom is -0.315 e. The zero-order chi connectivity index (χ0) is 10.8. The van der Waals surface area contributed by atoms with Crippen molar-refractivity contribution in [3.63, 3.8) is 0 Å². The normalized spacial score (nSPS) is 24.6. The lowest BCUT2D eigenvalue weighted by Crippen LogP contribution is -2.55. The van der Waals surface area contributed by atoms with Crippen molar-refractivity contribution >= 4 is 0 Å². The summed E-state index contributed by atoms with van der Waals surface area (Å²) in [5.74, 6) is 0. The third kappa shape index (κ3) is 2.85. The van der Waals surface area contributed by atoms with Gasteiger partial charge in [-0.1, -0.05) is 0 Å². The molecule has 1 rings (SSSR count). The number of halogens is 3. The summed E-state index contributed by atoms with van der Waals surface area (Å²) in [6.45, 7) is 4.45. The summed E-state index contributed by atoms with van der Waals surface area (Å²) in [5.41, 5.74) is 0. The maximum Gasteiger partial charge on any atom is 0.460 e. The van der Waals surface area contributed by atoms with E-state index in [0.717, 1.165) is 13.0 Å². The highest BCUT2D eigenvalue weighted by atomic mass is 19.4. The first-order valence-electron chi connectivity index (χ1n) is 4.99. The van der Waals surface area contributed by atoms with Gasteiger partial charge in [0, 0.05) is 18.6 Å². The lowest BCUT2D eigenvalue weighted by Gasteiger charge is -2.38. The number of piperidine rings is 1. The molecular formula is C9H17F3N2. The van der Waals surface area contributed by atoms with E-state index < -0.39 is 18.4 Å². The van der Waals surface area contributed by atoms with Gasteiger partial charge in [-0.2, -0.15) is 13.2 Å². The largest absolute Gasteiger partial charge is 0.460 e. The van der Waals surface area contributed by atoms with Crippen LogP contribution >= 0.6 is 0 Å². The van der Waals surface area contributed by atoms with Crippen LogP contribution in [0.3, 0.4) is 0 Å². The van der Waals surface area contributed by atoms with Crippen molar-refractivity contribution in [1.29, 1.82) is 0 Å². The Bertz CT molecular complexity index is 173. The van der Waals surface area contributed by atoms with Gasteiger partial charge in [0.15, 0.2) is 0 Å². The van der Waals surface area contributed by atoms with E-state index in [-0.39, 0.29) is 0 Å². The molecule has 0 bridgehead atoms. The zero-order valence-electron chi connectivity index (χ0n) is 8.56. The van der Waals surface area contributed by atoms with Crippen LogP contribution in [0, 0.1) is 0 Å². The summed E-state index contributed by atoms with van der Waals surface area (Å²) in [5, 5.41) is 3.00. The molecule has 1 heterocycles. The van der Waals surface area contributed by atoms with Crippen LogP contribution in [-0.2, 0) is 0 Å². The Balaban J connectivity index is 2.66. The number of alkyl halides is 3. The van der Waals surface area contributed by atoms with Crippen LogP contribution in [0.15, 0.2) is 0 Å². The molecule has 1 aliphatic heterocycles. The van der Waals surface area contributed by atoms with E-state index in [1.165, 1.54) is 0 Å². The highest BCUT2D eigenvalue weighted by molar-refractivity contribution is 4.81. The highest BCUT2D eigenvalue weighted by Gasteiger charge is 2.43. The number of nitrogens with zero attached hydrogens (tertiary/aromatic N) is 1. The lowest BCUT2D eigenvalue weighted by molar-refractivity contribution is -0.269. The van der Waals surface area contributed by atoms with Crippen LogP contribution < -0.4 is 5.32 Å². The van der Waals surface area contributed by atoms with Crippen molar-refractivity contribution < 1.29 is 13.2 Å². The first-order valence-corrected chi connectivity index (χ1v) is 4.99. The summed E-state index contributed by atoms with van der Waals surface area (Å²) in [6, 6.07) is -0.886. The van der Waals surface area contributed by atoms with Crippen molar-refractivity contribution in [1.82, 2.24) is 10.2 Å². The Morgan fingerprint density at radius 2 is 2.00 bits per heavy atom. The molecular weight excluding hydrogens is 193 g/mol. The van der Waals surface area contributed by atoms with E-state index in [2.05, 4.69) is 5.32 Å². The van der Waals surface area contributed by atoms with Gasteiger partial charge in [-0.25, -0.2) is 4.90 Å². The lowest BCUT2D eigenvalue weighted by atomic mass is 10.0. The van der Waals surface area contributed by atoms with Gasteiger partial charge >= 0.3 is 6.30 Å². The fourth-order valence-corrected chi connectivity index (χ4v) is 1.99. The molecule has 0 amide bonds. The summed E-state index contributed by atoms with van der Waals surface area (Å²) in [4.78, 5) is 0.652. The fraction of sp³-hybridized carbons (Fsp3) is 1.00. The highest BCUT2D eigenvalue weighted by Crippen LogP contribution is 2.28. The van der Waals surface area contributed by atoms with Gasteiger partial charge in [-0.05, 0) is 33.2 Å². The van der Waals surface area contributed by atoms with Gasteiger partial charge in [0.2, 0.25) is 0 Å². The molecule has 0 aromatic heterocycles. The third-order valence-electron chi connectivity index (χ3n) is 2.51. The second-order valence-corrected chi connectivity index (χ2v) is 3.97. The summed E-state index contributed by atoms with van der Waals surface area (Å²) in [7, 11) is 0. The molecule has 1 atom stereocenters. The van der Waals surface area contributed by atoms with Gasteiger partial charge < -0.3 is 5.32 Å². The molecule has 0 aliphatic carbocycles. The van der Waals surface area contributed by atoms with Gasteiger partial charge in [0.1, 0.15) is 0 Å². The smallest absolute Gasteiger partial charge is 0.315 e. The van der Waals surface area contributed by atoms with E-state index in [9.17, 15) is 13.2 Å². The van der Waals surface area contributed by atoms with Crippen molar-refractivity contribution in [2.75, 3.05) is 13.1 Å². The van der Waals surface area contributed by atoms with E-state index in [0.29, 0.717) is 17.9 Å². The molecule has 0 radical (unpaired) electrons. The number of hydrogen-bond acceptors (Lipinski definition) is 2. The second-order valence-electron chi connectivity index (χ2n) is 3.97. The van der Waals surface area contributed by atoms with Crippen molar-refractivity contribution in [2.24, 2.45) is 0 Å². The summed E-state index contributed by atoms with van der Waals surface area (Å²) in [6.07, 6.45) is -2.76. The predicted octanol–water partition coefficient (Wildman–Crippen LogP) is 1.97. The topological polar surface area (TPSA) is 15.3 Å². The molecule has 14 heavy (non-hydrogen) atoms. The van der Waals surface area contributed by atoms with Crippen LogP contribution in [0.5, 0.6) is 0 Å². The van der Waals surface area contributed by atoms with Crippen LogP contribution in [-0.4, -0.2) is 36.4 Å². The third-order valence-corrected chi connectivity index (χ3v) is 2.51. The Morgan fingerprint density at radius 1 is 1.36 bits per heavy atom. The molecule has 1 aliphatic rings. The molecule has 0 spiro atoms. The first kappa shape index (κ1) is 11.8. The quantitative estimate of drug-likeness (QED) is 0.701. The number of hydrogen-bond donors (Lipinski definition) is 1. The van der Waals surface area contributed by atoms with Gasteiger partial charge in [0.05, 0.1) is 0 Å². The van der Waals surface area contributed by atoms with Crippen LogP contribution in [0.4, 0.5) is 13.2 Å². The van der Waals surface area contributed by atoms with Crippen molar-refractivity contribution in [3.05, 3.63) is 0 Å². The fourth-order valence-electron chi connectivity index (χ4n) is 1.99. The summed E-state index contributed by atoms with van der Waals surface area (Å²) < 4.78 is 38.0. The zero-order valence-corrected chi connectivity index (χ0v) is 8.56. The Hall–Kier alpha value is -0.290. The molecule has 0 aromatic carbocycles. The van der Waals surface area contributed by atoms with Gasteiger partial charge in [-0.15, -0.1) is 0 Å². The maximum atomic E-state index is 12.7. The average molecular weight is 210 g/mol. The minimum atomic E-state index is -4.21. The Labute approximate surface area is 82.5 Å². The van der Waals surface area contributed by atoms with E-state index in [4.69, 9.17) is 0 Å². The molecule has 1 fully saturated rings. The maximum absolute atomic E-state index is 12.7. The standard InChI is InChI=1S/C9H17F3N2/c1-7(2)14(9(10,11)12)8-4-3-5-13-6-8/h7-8,13H,3-6H2,1-2H3. The second kappa shape index (κ2) is 4.49. The van der Waals surface area contributed by atoms with Gasteiger partial charge in [-0.3, -0.25) is 0 Å². The summed E-state index contributed by atoms with van der Waals surface area (Å²) >= 11 is 0. The molecule has 2 nitrogen and oxygen atoms in total. The first-order chi connectivity index (χ1) is 6.43. The number of nitrogens with one attached hydrogen (secondary N) is 1. The molecule has 5 heteroatoms. The van der Waals surface area contributed by atoms with Crippen molar-refractivity contribution in [2.45, 2.75) is 45.1 Å². The molecule has 0 saturated carbocycles. The predicted molar refractivity (Wildman–Crippen MR) is 48.9 cm³/mol. The average Bonchev–Trinajstić information content (AvgIpc) is 2.02. The van der Waals surface area contributed by atoms with Crippen LogP contribution in [0.2, 0.25) is 0 Å². The van der Waals surface area contributed by atoms with E-state index in [1.54, 1.807) is 13.8 Å². The van der Waals surface area contributed by atoms with E-state index in [1.807, 2.05) is 0 Å². The minimum absolute atomic E-state index is 0.399. The van der Waals surface area contributed by atoms with Crippen LogP contribution in [0.25, 0.3) is 0 Å². The molecule has 0 aromatic rings. The molecule has 84 valence electrons.